The van der Waals surface area contributed by atoms with E-state index in [0.29, 0.717) is 16.7 Å². The highest BCUT2D eigenvalue weighted by Gasteiger charge is 2.53. The Morgan fingerprint density at radius 1 is 1.35 bits per heavy atom. The lowest BCUT2D eigenvalue weighted by molar-refractivity contribution is -0.265. The summed E-state index contributed by atoms with van der Waals surface area (Å²) in [5, 5.41) is 17.5. The van der Waals surface area contributed by atoms with Gasteiger partial charge in [0, 0.05) is 12.1 Å². The van der Waals surface area contributed by atoms with E-state index in [9.17, 15) is 18.3 Å². The Morgan fingerprint density at radius 2 is 2.05 bits per heavy atom. The van der Waals surface area contributed by atoms with Crippen molar-refractivity contribution in [2.45, 2.75) is 38.5 Å². The fourth-order valence-corrected chi connectivity index (χ4v) is 2.30. The van der Waals surface area contributed by atoms with Crippen molar-refractivity contribution in [1.82, 2.24) is 15.2 Å². The summed E-state index contributed by atoms with van der Waals surface area (Å²) >= 11 is 0. The normalized spacial score (nSPS) is 15.8. The number of hydrogen-bond donors (Lipinski definition) is 2. The van der Waals surface area contributed by atoms with E-state index in [0.717, 1.165) is 0 Å². The minimum atomic E-state index is -4.68. The maximum Gasteiger partial charge on any atom is 0.417 e. The van der Waals surface area contributed by atoms with Gasteiger partial charge in [-0.2, -0.15) is 18.3 Å². The Morgan fingerprint density at radius 3 is 2.60 bits per heavy atom. The standard InChI is InChI=1S/C13H16F3N3O/c1-8(2)6-12(20,13(14,15)16)7-9-5-11-10(18-9)3-4-17-19-11/h3-5,8,18,20H,6-7H2,1-2H3. The summed E-state index contributed by atoms with van der Waals surface area (Å²) in [5.41, 5.74) is -1.36. The van der Waals surface area contributed by atoms with Gasteiger partial charge in [-0.1, -0.05) is 13.8 Å². The lowest BCUT2D eigenvalue weighted by atomic mass is 9.87. The molecule has 1 unspecified atom stereocenters. The van der Waals surface area contributed by atoms with Crippen molar-refractivity contribution < 1.29 is 18.3 Å². The quantitative estimate of drug-likeness (QED) is 0.909. The maximum absolute atomic E-state index is 13.1. The summed E-state index contributed by atoms with van der Waals surface area (Å²) in [6.45, 7) is 3.29. The second kappa shape index (κ2) is 5.05. The number of hydrogen-bond acceptors (Lipinski definition) is 3. The lowest BCUT2D eigenvalue weighted by Crippen LogP contribution is -2.48. The number of nitrogens with zero attached hydrogens (tertiary/aromatic N) is 2. The molecule has 2 heterocycles. The average molecular weight is 287 g/mol. The molecule has 0 spiro atoms. The Balaban J connectivity index is 2.32. The molecule has 1 atom stereocenters. The number of aromatic amines is 1. The summed E-state index contributed by atoms with van der Waals surface area (Å²) < 4.78 is 39.3. The second-order valence-electron chi connectivity index (χ2n) is 5.43. The zero-order valence-electron chi connectivity index (χ0n) is 11.2. The van der Waals surface area contributed by atoms with Gasteiger partial charge in [0.25, 0.3) is 0 Å². The number of H-pyrrole nitrogens is 1. The molecule has 2 aromatic rings. The molecule has 0 aliphatic rings. The minimum absolute atomic E-state index is 0.272. The van der Waals surface area contributed by atoms with Gasteiger partial charge < -0.3 is 10.1 Å². The first-order valence-electron chi connectivity index (χ1n) is 6.30. The summed E-state index contributed by atoms with van der Waals surface area (Å²) in [6.07, 6.45) is -4.10. The molecule has 4 nitrogen and oxygen atoms in total. The van der Waals surface area contributed by atoms with Gasteiger partial charge in [0.1, 0.15) is 5.52 Å². The van der Waals surface area contributed by atoms with Crippen LogP contribution in [0.5, 0.6) is 0 Å². The number of fused-ring (bicyclic) bond motifs is 1. The Kier molecular flexibility index (Phi) is 3.73. The van der Waals surface area contributed by atoms with Gasteiger partial charge in [0.05, 0.1) is 11.7 Å². The third-order valence-corrected chi connectivity index (χ3v) is 3.11. The lowest BCUT2D eigenvalue weighted by Gasteiger charge is -2.31. The van der Waals surface area contributed by atoms with Gasteiger partial charge in [0.15, 0.2) is 5.60 Å². The second-order valence-corrected chi connectivity index (χ2v) is 5.43. The Labute approximate surface area is 114 Å². The highest BCUT2D eigenvalue weighted by atomic mass is 19.4. The van der Waals surface area contributed by atoms with E-state index in [2.05, 4.69) is 15.2 Å². The molecule has 0 aliphatic carbocycles. The zero-order chi connectivity index (χ0) is 15.0. The molecular formula is C13H16F3N3O. The first kappa shape index (κ1) is 14.8. The molecule has 0 saturated carbocycles. The van der Waals surface area contributed by atoms with Crippen LogP contribution in [-0.2, 0) is 6.42 Å². The molecule has 0 fully saturated rings. The number of aliphatic hydroxyl groups is 1. The van der Waals surface area contributed by atoms with E-state index in [1.807, 2.05) is 0 Å². The van der Waals surface area contributed by atoms with Gasteiger partial charge >= 0.3 is 6.18 Å². The molecule has 0 aromatic carbocycles. The van der Waals surface area contributed by atoms with Crippen molar-refractivity contribution in [3.8, 4) is 0 Å². The van der Waals surface area contributed by atoms with Crippen molar-refractivity contribution in [2.75, 3.05) is 0 Å². The van der Waals surface area contributed by atoms with Crippen LogP contribution in [0.4, 0.5) is 13.2 Å². The van der Waals surface area contributed by atoms with Gasteiger partial charge in [-0.15, -0.1) is 5.10 Å². The molecule has 2 N–H and O–H groups in total. The number of alkyl halides is 3. The number of rotatable bonds is 4. The zero-order valence-corrected chi connectivity index (χ0v) is 11.2. The highest BCUT2D eigenvalue weighted by molar-refractivity contribution is 5.74. The van der Waals surface area contributed by atoms with Crippen molar-refractivity contribution in [3.05, 3.63) is 24.0 Å². The average Bonchev–Trinajstić information content (AvgIpc) is 2.67. The Hall–Kier alpha value is -1.63. The SMILES string of the molecule is CC(C)CC(O)(Cc1cc2nnccc2[nH]1)C(F)(F)F. The topological polar surface area (TPSA) is 61.8 Å². The predicted molar refractivity (Wildman–Crippen MR) is 68.1 cm³/mol. The fraction of sp³-hybridized carbons (Fsp3) is 0.538. The Bertz CT molecular complexity index is 561. The van der Waals surface area contributed by atoms with Gasteiger partial charge in [-0.3, -0.25) is 0 Å². The van der Waals surface area contributed by atoms with Crippen molar-refractivity contribution in [1.29, 1.82) is 0 Å². The maximum atomic E-state index is 13.1. The highest BCUT2D eigenvalue weighted by Crippen LogP contribution is 2.38. The molecule has 0 bridgehead atoms. The van der Waals surface area contributed by atoms with Crippen LogP contribution in [0.25, 0.3) is 11.0 Å². The molecule has 110 valence electrons. The molecule has 0 radical (unpaired) electrons. The fourth-order valence-electron chi connectivity index (χ4n) is 2.30. The number of halogens is 3. The smallest absolute Gasteiger partial charge is 0.380 e. The number of nitrogens with one attached hydrogen (secondary N) is 1. The summed E-state index contributed by atoms with van der Waals surface area (Å²) in [7, 11) is 0. The first-order chi connectivity index (χ1) is 9.21. The van der Waals surface area contributed by atoms with Gasteiger partial charge in [-0.05, 0) is 24.5 Å². The molecule has 2 rings (SSSR count). The van der Waals surface area contributed by atoms with Crippen LogP contribution in [0, 0.1) is 5.92 Å². The number of aromatic nitrogens is 3. The minimum Gasteiger partial charge on any atom is -0.380 e. The summed E-state index contributed by atoms with van der Waals surface area (Å²) in [5.74, 6) is -0.272. The van der Waals surface area contributed by atoms with Crippen molar-refractivity contribution in [2.24, 2.45) is 5.92 Å². The van der Waals surface area contributed by atoms with Crippen LogP contribution in [-0.4, -0.2) is 32.1 Å². The van der Waals surface area contributed by atoms with Crippen molar-refractivity contribution in [3.63, 3.8) is 0 Å². The van der Waals surface area contributed by atoms with Crippen LogP contribution in [0.15, 0.2) is 18.3 Å². The summed E-state index contributed by atoms with van der Waals surface area (Å²) in [4.78, 5) is 2.83. The van der Waals surface area contributed by atoms with E-state index < -0.39 is 18.2 Å². The molecule has 0 saturated heterocycles. The third kappa shape index (κ3) is 2.92. The molecular weight excluding hydrogens is 271 g/mol. The van der Waals surface area contributed by atoms with Gasteiger partial charge in [-0.25, -0.2) is 0 Å². The molecule has 20 heavy (non-hydrogen) atoms. The van der Waals surface area contributed by atoms with Crippen LogP contribution in [0.2, 0.25) is 0 Å². The van der Waals surface area contributed by atoms with E-state index in [-0.39, 0.29) is 12.3 Å². The van der Waals surface area contributed by atoms with Crippen LogP contribution in [0.1, 0.15) is 26.0 Å². The van der Waals surface area contributed by atoms with Crippen LogP contribution < -0.4 is 0 Å². The monoisotopic (exact) mass is 287 g/mol. The largest absolute Gasteiger partial charge is 0.417 e. The van der Waals surface area contributed by atoms with E-state index in [1.165, 1.54) is 12.3 Å². The molecule has 2 aromatic heterocycles. The molecule has 0 amide bonds. The predicted octanol–water partition coefficient (Wildman–Crippen LogP) is 2.84. The molecule has 0 aliphatic heterocycles. The molecule has 7 heteroatoms. The van der Waals surface area contributed by atoms with Gasteiger partial charge in [0.2, 0.25) is 0 Å². The third-order valence-electron chi connectivity index (χ3n) is 3.11. The van der Waals surface area contributed by atoms with Crippen molar-refractivity contribution >= 4 is 11.0 Å². The first-order valence-corrected chi connectivity index (χ1v) is 6.30. The summed E-state index contributed by atoms with van der Waals surface area (Å²) in [6, 6.07) is 3.11. The van der Waals surface area contributed by atoms with E-state index in [1.54, 1.807) is 19.9 Å². The van der Waals surface area contributed by atoms with E-state index >= 15 is 0 Å². The van der Waals surface area contributed by atoms with Crippen LogP contribution >= 0.6 is 0 Å². The van der Waals surface area contributed by atoms with Crippen LogP contribution in [0.3, 0.4) is 0 Å². The van der Waals surface area contributed by atoms with E-state index in [4.69, 9.17) is 0 Å².